The average Bonchev–Trinajstić information content (AvgIpc) is 3.01. The first-order chi connectivity index (χ1) is 12.1. The number of hydrogen-bond donors (Lipinski definition) is 1. The van der Waals surface area contributed by atoms with Crippen molar-refractivity contribution < 1.29 is 8.42 Å². The largest absolute Gasteiger partial charge is 0.280 e. The van der Waals surface area contributed by atoms with Gasteiger partial charge in [-0.15, -0.1) is 0 Å². The molecule has 0 fully saturated rings. The van der Waals surface area contributed by atoms with Crippen LogP contribution in [-0.4, -0.2) is 18.2 Å². The Balaban J connectivity index is 1.86. The molecule has 0 atom stereocenters. The van der Waals surface area contributed by atoms with E-state index in [-0.39, 0.29) is 10.3 Å². The molecule has 1 N–H and O–H groups in total. The van der Waals surface area contributed by atoms with E-state index in [2.05, 4.69) is 30.6 Å². The van der Waals surface area contributed by atoms with Crippen LogP contribution in [0.3, 0.4) is 0 Å². The van der Waals surface area contributed by atoms with Gasteiger partial charge in [0.15, 0.2) is 0 Å². The van der Waals surface area contributed by atoms with Crippen LogP contribution in [0.5, 0.6) is 0 Å². The molecule has 1 heterocycles. The molecule has 0 saturated carbocycles. The van der Waals surface area contributed by atoms with E-state index in [1.165, 1.54) is 0 Å². The molecule has 1 aromatic heterocycles. The lowest BCUT2D eigenvalue weighted by atomic mass is 9.87. The van der Waals surface area contributed by atoms with E-state index in [1.54, 1.807) is 28.9 Å². The van der Waals surface area contributed by atoms with E-state index in [9.17, 15) is 8.42 Å². The Bertz CT molecular complexity index is 1010. The van der Waals surface area contributed by atoms with Crippen LogP contribution in [0.1, 0.15) is 26.3 Å². The van der Waals surface area contributed by atoms with Crippen molar-refractivity contribution in [3.05, 3.63) is 66.4 Å². The molecular formula is C20H23N3O2S. The number of benzene rings is 2. The minimum atomic E-state index is -3.64. The third kappa shape index (κ3) is 3.96. The Morgan fingerprint density at radius 1 is 1.00 bits per heavy atom. The summed E-state index contributed by atoms with van der Waals surface area (Å²) in [6.45, 7) is 6.29. The fraction of sp³-hybridized carbons (Fsp3) is 0.250. The Labute approximate surface area is 154 Å². The molecule has 2 aromatic carbocycles. The highest BCUT2D eigenvalue weighted by Gasteiger charge is 2.18. The monoisotopic (exact) mass is 369 g/mol. The van der Waals surface area contributed by atoms with Crippen LogP contribution in [0.15, 0.2) is 65.7 Å². The first-order valence-corrected chi connectivity index (χ1v) is 9.87. The quantitative estimate of drug-likeness (QED) is 0.750. The average molecular weight is 369 g/mol. The predicted octanol–water partition coefficient (Wildman–Crippen LogP) is 4.19. The lowest BCUT2D eigenvalue weighted by Gasteiger charge is -2.19. The van der Waals surface area contributed by atoms with Crippen LogP contribution in [0.4, 0.5) is 5.69 Å². The van der Waals surface area contributed by atoms with Crippen molar-refractivity contribution in [1.29, 1.82) is 0 Å². The second-order valence-corrected chi connectivity index (χ2v) is 9.02. The van der Waals surface area contributed by atoms with E-state index in [1.807, 2.05) is 43.6 Å². The molecule has 0 aliphatic heterocycles. The highest BCUT2D eigenvalue weighted by atomic mass is 32.2. The maximum absolute atomic E-state index is 12.7. The van der Waals surface area contributed by atoms with Crippen molar-refractivity contribution in [2.45, 2.75) is 31.1 Å². The van der Waals surface area contributed by atoms with Gasteiger partial charge in [0.05, 0.1) is 10.6 Å². The molecule has 0 unspecified atom stereocenters. The number of nitrogens with one attached hydrogen (secondary N) is 1. The van der Waals surface area contributed by atoms with Gasteiger partial charge in [-0.1, -0.05) is 45.0 Å². The molecule has 0 saturated heterocycles. The van der Waals surface area contributed by atoms with Crippen molar-refractivity contribution in [1.82, 2.24) is 9.78 Å². The molecule has 0 radical (unpaired) electrons. The summed E-state index contributed by atoms with van der Waals surface area (Å²) in [4.78, 5) is 0.244. The summed E-state index contributed by atoms with van der Waals surface area (Å²) < 4.78 is 29.7. The number of nitrogens with zero attached hydrogens (tertiary/aromatic N) is 2. The van der Waals surface area contributed by atoms with Gasteiger partial charge in [-0.05, 0) is 41.3 Å². The van der Waals surface area contributed by atoms with Crippen molar-refractivity contribution in [3.8, 4) is 11.3 Å². The fourth-order valence-corrected chi connectivity index (χ4v) is 3.71. The summed E-state index contributed by atoms with van der Waals surface area (Å²) in [5.74, 6) is 0. The standard InChI is InChI=1S/C20H23N3O2S/c1-20(2,3)16-8-10-18(11-9-16)26(24,25)22-17-7-5-6-15(14-17)19-12-13-23(4)21-19/h5-14,22H,1-4H3. The fourth-order valence-electron chi connectivity index (χ4n) is 2.66. The number of aryl methyl sites for hydroxylation is 1. The summed E-state index contributed by atoms with van der Waals surface area (Å²) >= 11 is 0. The second-order valence-electron chi connectivity index (χ2n) is 7.34. The molecule has 136 valence electrons. The number of anilines is 1. The highest BCUT2D eigenvalue weighted by Crippen LogP contribution is 2.25. The van der Waals surface area contributed by atoms with Gasteiger partial charge in [0, 0.05) is 24.5 Å². The Morgan fingerprint density at radius 2 is 1.69 bits per heavy atom. The van der Waals surface area contributed by atoms with Crippen LogP contribution in [0.25, 0.3) is 11.3 Å². The predicted molar refractivity (Wildman–Crippen MR) is 105 cm³/mol. The summed E-state index contributed by atoms with van der Waals surface area (Å²) in [5.41, 5.74) is 3.23. The summed E-state index contributed by atoms with van der Waals surface area (Å²) in [7, 11) is -1.80. The van der Waals surface area contributed by atoms with Crippen LogP contribution in [0, 0.1) is 0 Å². The lowest BCUT2D eigenvalue weighted by Crippen LogP contribution is -2.15. The number of aromatic nitrogens is 2. The van der Waals surface area contributed by atoms with Gasteiger partial charge in [0.2, 0.25) is 0 Å². The smallest absolute Gasteiger partial charge is 0.261 e. The minimum Gasteiger partial charge on any atom is -0.280 e. The Hall–Kier alpha value is -2.60. The molecule has 0 amide bonds. The van der Waals surface area contributed by atoms with E-state index >= 15 is 0 Å². The molecule has 26 heavy (non-hydrogen) atoms. The summed E-state index contributed by atoms with van der Waals surface area (Å²) in [6.07, 6.45) is 1.85. The van der Waals surface area contributed by atoms with Crippen molar-refractivity contribution in [3.63, 3.8) is 0 Å². The molecular weight excluding hydrogens is 346 g/mol. The molecule has 0 bridgehead atoms. The van der Waals surface area contributed by atoms with Gasteiger partial charge < -0.3 is 0 Å². The lowest BCUT2D eigenvalue weighted by molar-refractivity contribution is 0.587. The maximum atomic E-state index is 12.7. The van der Waals surface area contributed by atoms with E-state index in [4.69, 9.17) is 0 Å². The number of hydrogen-bond acceptors (Lipinski definition) is 3. The maximum Gasteiger partial charge on any atom is 0.261 e. The SMILES string of the molecule is Cn1ccc(-c2cccc(NS(=O)(=O)c3ccc(C(C)(C)C)cc3)c2)n1. The van der Waals surface area contributed by atoms with Gasteiger partial charge in [-0.25, -0.2) is 8.42 Å². The number of sulfonamides is 1. The molecule has 5 nitrogen and oxygen atoms in total. The first-order valence-electron chi connectivity index (χ1n) is 8.39. The summed E-state index contributed by atoms with van der Waals surface area (Å²) in [6, 6.07) is 16.1. The second kappa shape index (κ2) is 6.61. The zero-order valence-electron chi connectivity index (χ0n) is 15.4. The van der Waals surface area contributed by atoms with Crippen molar-refractivity contribution >= 4 is 15.7 Å². The van der Waals surface area contributed by atoms with Crippen LogP contribution in [0.2, 0.25) is 0 Å². The zero-order chi connectivity index (χ0) is 18.9. The van der Waals surface area contributed by atoms with Gasteiger partial charge in [-0.3, -0.25) is 9.40 Å². The van der Waals surface area contributed by atoms with Gasteiger partial charge in [-0.2, -0.15) is 5.10 Å². The minimum absolute atomic E-state index is 0.0211. The molecule has 0 spiro atoms. The van der Waals surface area contributed by atoms with Gasteiger partial charge in [0.1, 0.15) is 0 Å². The van der Waals surface area contributed by atoms with Crippen LogP contribution >= 0.6 is 0 Å². The van der Waals surface area contributed by atoms with E-state index in [0.29, 0.717) is 5.69 Å². The van der Waals surface area contributed by atoms with Crippen molar-refractivity contribution in [2.75, 3.05) is 4.72 Å². The van der Waals surface area contributed by atoms with Gasteiger partial charge in [0.25, 0.3) is 10.0 Å². The molecule has 0 aliphatic rings. The highest BCUT2D eigenvalue weighted by molar-refractivity contribution is 7.92. The van der Waals surface area contributed by atoms with E-state index < -0.39 is 10.0 Å². The molecule has 3 rings (SSSR count). The van der Waals surface area contributed by atoms with Crippen molar-refractivity contribution in [2.24, 2.45) is 7.05 Å². The van der Waals surface area contributed by atoms with Crippen LogP contribution < -0.4 is 4.72 Å². The molecule has 6 heteroatoms. The first kappa shape index (κ1) is 18.2. The zero-order valence-corrected chi connectivity index (χ0v) is 16.2. The Kier molecular flexibility index (Phi) is 4.63. The third-order valence-corrected chi connectivity index (χ3v) is 5.55. The Morgan fingerprint density at radius 3 is 2.27 bits per heavy atom. The van der Waals surface area contributed by atoms with Gasteiger partial charge >= 0.3 is 0 Å². The number of rotatable bonds is 4. The van der Waals surface area contributed by atoms with E-state index in [0.717, 1.165) is 16.8 Å². The third-order valence-electron chi connectivity index (χ3n) is 4.15. The topological polar surface area (TPSA) is 64.0 Å². The molecule has 3 aromatic rings. The molecule has 0 aliphatic carbocycles. The van der Waals surface area contributed by atoms with Crippen LogP contribution in [-0.2, 0) is 22.5 Å². The normalized spacial score (nSPS) is 12.2. The summed E-state index contributed by atoms with van der Waals surface area (Å²) in [5, 5.41) is 4.35.